The van der Waals surface area contributed by atoms with Crippen LogP contribution in [0.25, 0.3) is 0 Å². The fourth-order valence-electron chi connectivity index (χ4n) is 0.935. The second-order valence-electron chi connectivity index (χ2n) is 2.97. The molecule has 2 atom stereocenters. The maximum absolute atomic E-state index is 9.00. The number of carboxylic acid groups (broad SMARTS) is 1. The number of aliphatic hydroxyl groups is 1. The second-order valence-corrected chi connectivity index (χ2v) is 2.97. The number of hydrogen-bond acceptors (Lipinski definition) is 3. The van der Waals surface area contributed by atoms with Crippen molar-refractivity contribution in [1.82, 2.24) is 0 Å². The lowest BCUT2D eigenvalue weighted by Crippen LogP contribution is -2.23. The molecule has 4 nitrogen and oxygen atoms in total. The molecule has 0 bridgehead atoms. The van der Waals surface area contributed by atoms with Gasteiger partial charge in [0.1, 0.15) is 0 Å². The van der Waals surface area contributed by atoms with Crippen molar-refractivity contribution < 1.29 is 19.7 Å². The Morgan fingerprint density at radius 1 is 1.58 bits per heavy atom. The fourth-order valence-corrected chi connectivity index (χ4v) is 0.935. The van der Waals surface area contributed by atoms with E-state index in [1.54, 1.807) is 0 Å². The number of aliphatic hydroxyl groups excluding tert-OH is 1. The summed E-state index contributed by atoms with van der Waals surface area (Å²) in [4.78, 5) is 9.00. The van der Waals surface area contributed by atoms with Crippen LogP contribution in [0, 0.1) is 5.92 Å². The molecule has 0 aromatic carbocycles. The van der Waals surface area contributed by atoms with Gasteiger partial charge >= 0.3 is 0 Å². The highest BCUT2D eigenvalue weighted by atomic mass is 16.6. The van der Waals surface area contributed by atoms with Gasteiger partial charge in [0.25, 0.3) is 5.97 Å². The van der Waals surface area contributed by atoms with E-state index in [1.807, 2.05) is 0 Å². The van der Waals surface area contributed by atoms with Crippen LogP contribution < -0.4 is 0 Å². The lowest BCUT2D eigenvalue weighted by atomic mass is 10.0. The highest BCUT2D eigenvalue weighted by Gasteiger charge is 2.15. The average molecular weight is 176 g/mol. The molecule has 0 unspecified atom stereocenters. The van der Waals surface area contributed by atoms with Gasteiger partial charge in [-0.3, -0.25) is 4.79 Å². The van der Waals surface area contributed by atoms with Crippen molar-refractivity contribution >= 4 is 5.97 Å². The van der Waals surface area contributed by atoms with E-state index in [4.69, 9.17) is 19.7 Å². The van der Waals surface area contributed by atoms with Crippen LogP contribution in [0.3, 0.4) is 0 Å². The molecule has 72 valence electrons. The SMILES string of the molecule is CC(=O)O.C[C@H]1CCO[C@@H](O)C1. The minimum absolute atomic E-state index is 0.487. The molecule has 0 radical (unpaired) electrons. The summed E-state index contributed by atoms with van der Waals surface area (Å²) in [7, 11) is 0. The van der Waals surface area contributed by atoms with E-state index in [2.05, 4.69) is 6.92 Å². The van der Waals surface area contributed by atoms with E-state index in [0.717, 1.165) is 26.4 Å². The van der Waals surface area contributed by atoms with Crippen molar-refractivity contribution in [3.8, 4) is 0 Å². The Bertz CT molecular complexity index is 123. The summed E-state index contributed by atoms with van der Waals surface area (Å²) < 4.78 is 4.90. The summed E-state index contributed by atoms with van der Waals surface area (Å²) in [6.45, 7) is 3.94. The summed E-state index contributed by atoms with van der Waals surface area (Å²) in [5.41, 5.74) is 0. The van der Waals surface area contributed by atoms with Gasteiger partial charge in [0.05, 0.1) is 0 Å². The van der Waals surface area contributed by atoms with Crippen LogP contribution in [0.1, 0.15) is 26.7 Å². The maximum atomic E-state index is 9.00. The molecule has 1 aliphatic heterocycles. The van der Waals surface area contributed by atoms with Gasteiger partial charge in [0.15, 0.2) is 6.29 Å². The van der Waals surface area contributed by atoms with Gasteiger partial charge in [-0.15, -0.1) is 0 Å². The molecule has 0 aromatic rings. The number of carbonyl (C=O) groups is 1. The van der Waals surface area contributed by atoms with Crippen molar-refractivity contribution in [3.05, 3.63) is 0 Å². The zero-order chi connectivity index (χ0) is 9.56. The zero-order valence-electron chi connectivity index (χ0n) is 7.49. The largest absolute Gasteiger partial charge is 0.481 e. The fraction of sp³-hybridized carbons (Fsp3) is 0.875. The van der Waals surface area contributed by atoms with E-state index in [9.17, 15) is 0 Å². The van der Waals surface area contributed by atoms with Crippen LogP contribution in [0.5, 0.6) is 0 Å². The molecule has 0 aromatic heterocycles. The first-order valence-electron chi connectivity index (χ1n) is 4.01. The quantitative estimate of drug-likeness (QED) is 0.574. The van der Waals surface area contributed by atoms with Crippen molar-refractivity contribution in [2.45, 2.75) is 33.0 Å². The first kappa shape index (κ1) is 11.4. The van der Waals surface area contributed by atoms with Crippen LogP contribution >= 0.6 is 0 Å². The molecule has 1 rings (SSSR count). The standard InChI is InChI=1S/C6H12O2.C2H4O2/c1-5-2-3-8-6(7)4-5;1-2(3)4/h5-7H,2-4H2,1H3;1H3,(H,3,4)/t5-,6+;/m0./s1. The van der Waals surface area contributed by atoms with Crippen LogP contribution in [0.15, 0.2) is 0 Å². The lowest BCUT2D eigenvalue weighted by molar-refractivity contribution is -0.136. The van der Waals surface area contributed by atoms with Gasteiger partial charge in [-0.25, -0.2) is 0 Å². The minimum atomic E-state index is -0.833. The minimum Gasteiger partial charge on any atom is -0.481 e. The number of rotatable bonds is 0. The zero-order valence-corrected chi connectivity index (χ0v) is 7.49. The Morgan fingerprint density at radius 2 is 2.08 bits per heavy atom. The number of ether oxygens (including phenoxy) is 1. The molecular formula is C8H16O4. The van der Waals surface area contributed by atoms with Crippen LogP contribution in [-0.4, -0.2) is 29.1 Å². The molecule has 0 aliphatic carbocycles. The predicted octanol–water partition coefficient (Wildman–Crippen LogP) is 0.842. The summed E-state index contributed by atoms with van der Waals surface area (Å²) in [5, 5.41) is 16.3. The molecule has 1 aliphatic rings. The molecule has 0 spiro atoms. The van der Waals surface area contributed by atoms with Crippen molar-refractivity contribution in [2.75, 3.05) is 6.61 Å². The molecular weight excluding hydrogens is 160 g/mol. The third-order valence-electron chi connectivity index (χ3n) is 1.52. The van der Waals surface area contributed by atoms with Gasteiger partial charge in [0, 0.05) is 20.0 Å². The van der Waals surface area contributed by atoms with Gasteiger partial charge in [-0.2, -0.15) is 0 Å². The van der Waals surface area contributed by atoms with E-state index >= 15 is 0 Å². The van der Waals surface area contributed by atoms with Gasteiger partial charge in [0.2, 0.25) is 0 Å². The smallest absolute Gasteiger partial charge is 0.300 e. The normalized spacial score (nSPS) is 28.6. The molecule has 0 amide bonds. The Balaban J connectivity index is 0.000000261. The Labute approximate surface area is 72.2 Å². The second kappa shape index (κ2) is 5.97. The lowest BCUT2D eigenvalue weighted by Gasteiger charge is -2.22. The topological polar surface area (TPSA) is 66.8 Å². The summed E-state index contributed by atoms with van der Waals surface area (Å²) >= 11 is 0. The number of carboxylic acids is 1. The van der Waals surface area contributed by atoms with Crippen LogP contribution in [0.4, 0.5) is 0 Å². The molecule has 4 heteroatoms. The Kier molecular flexibility index (Phi) is 5.66. The molecule has 12 heavy (non-hydrogen) atoms. The summed E-state index contributed by atoms with van der Waals surface area (Å²) in [5.74, 6) is -0.196. The van der Waals surface area contributed by atoms with Gasteiger partial charge in [-0.05, 0) is 12.3 Å². The molecule has 1 fully saturated rings. The molecule has 1 heterocycles. The van der Waals surface area contributed by atoms with Crippen molar-refractivity contribution in [2.24, 2.45) is 5.92 Å². The Hall–Kier alpha value is -0.610. The average Bonchev–Trinajstić information content (AvgIpc) is 1.84. The summed E-state index contributed by atoms with van der Waals surface area (Å²) in [6, 6.07) is 0. The highest BCUT2D eigenvalue weighted by molar-refractivity contribution is 5.62. The molecule has 1 saturated heterocycles. The van der Waals surface area contributed by atoms with E-state index < -0.39 is 12.3 Å². The summed E-state index contributed by atoms with van der Waals surface area (Å²) in [6.07, 6.45) is 1.41. The van der Waals surface area contributed by atoms with E-state index in [0.29, 0.717) is 5.92 Å². The Morgan fingerprint density at radius 3 is 2.33 bits per heavy atom. The highest BCUT2D eigenvalue weighted by Crippen LogP contribution is 2.16. The molecule has 2 N–H and O–H groups in total. The van der Waals surface area contributed by atoms with Crippen LogP contribution in [0.2, 0.25) is 0 Å². The first-order valence-corrected chi connectivity index (χ1v) is 4.01. The van der Waals surface area contributed by atoms with Crippen molar-refractivity contribution in [3.63, 3.8) is 0 Å². The predicted molar refractivity (Wildman–Crippen MR) is 43.7 cm³/mol. The van der Waals surface area contributed by atoms with Crippen LogP contribution in [-0.2, 0) is 9.53 Å². The van der Waals surface area contributed by atoms with E-state index in [1.165, 1.54) is 0 Å². The molecule has 0 saturated carbocycles. The monoisotopic (exact) mass is 176 g/mol. The number of aliphatic carboxylic acids is 1. The van der Waals surface area contributed by atoms with Gasteiger partial charge in [-0.1, -0.05) is 6.92 Å². The first-order chi connectivity index (χ1) is 5.52. The van der Waals surface area contributed by atoms with Gasteiger partial charge < -0.3 is 14.9 Å². The number of hydrogen-bond donors (Lipinski definition) is 2. The third kappa shape index (κ3) is 7.50. The third-order valence-corrected chi connectivity index (χ3v) is 1.52. The van der Waals surface area contributed by atoms with Crippen molar-refractivity contribution in [1.29, 1.82) is 0 Å². The maximum Gasteiger partial charge on any atom is 0.300 e. The van der Waals surface area contributed by atoms with E-state index in [-0.39, 0.29) is 0 Å².